The van der Waals surface area contributed by atoms with Gasteiger partial charge in [-0.3, -0.25) is 14.7 Å². The van der Waals surface area contributed by atoms with Gasteiger partial charge in [-0.05, 0) is 38.5 Å². The lowest BCUT2D eigenvalue weighted by Crippen LogP contribution is -2.38. The van der Waals surface area contributed by atoms with E-state index in [-0.39, 0.29) is 30.4 Å². The van der Waals surface area contributed by atoms with Crippen molar-refractivity contribution in [3.63, 3.8) is 0 Å². The number of likely N-dealkylation sites (N-methyl/N-ethyl adjacent to an activating group) is 1. The normalized spacial score (nSPS) is 18.8. The van der Waals surface area contributed by atoms with Crippen LogP contribution in [0.2, 0.25) is 0 Å². The van der Waals surface area contributed by atoms with Crippen LogP contribution >= 0.6 is 12.4 Å². The predicted octanol–water partition coefficient (Wildman–Crippen LogP) is 2.01. The number of benzene rings is 1. The summed E-state index contributed by atoms with van der Waals surface area (Å²) in [6, 6.07) is 5.75. The van der Waals surface area contributed by atoms with E-state index in [0.29, 0.717) is 6.54 Å². The second kappa shape index (κ2) is 5.87. The summed E-state index contributed by atoms with van der Waals surface area (Å²) in [6.07, 6.45) is 1.92. The highest BCUT2D eigenvalue weighted by Crippen LogP contribution is 2.33. The molecule has 5 nitrogen and oxygen atoms in total. The molecule has 1 amide bonds. The number of nitrogens with one attached hydrogen (secondary N) is 2. The first-order valence-corrected chi connectivity index (χ1v) is 6.64. The van der Waals surface area contributed by atoms with Gasteiger partial charge in [0.05, 0.1) is 0 Å². The molecule has 1 aromatic heterocycles. The molecule has 1 aliphatic heterocycles. The number of H-pyrrole nitrogens is 1. The Labute approximate surface area is 129 Å². The quantitative estimate of drug-likeness (QED) is 0.852. The summed E-state index contributed by atoms with van der Waals surface area (Å²) in [4.78, 5) is 21.7. The van der Waals surface area contributed by atoms with E-state index in [4.69, 9.17) is 0 Å². The number of aromatic nitrogens is 1. The number of carbonyl (C=O) groups excluding carboxylic acids is 1. The summed E-state index contributed by atoms with van der Waals surface area (Å²) in [7, 11) is 3.95. The van der Waals surface area contributed by atoms with E-state index in [1.807, 2.05) is 43.4 Å². The summed E-state index contributed by atoms with van der Waals surface area (Å²) in [5, 5.41) is 3.99. The molecule has 2 aromatic rings. The molecule has 0 bridgehead atoms. The molecule has 2 unspecified atom stereocenters. The largest absolute Gasteiger partial charge is 0.361 e. The summed E-state index contributed by atoms with van der Waals surface area (Å²) >= 11 is 0. The van der Waals surface area contributed by atoms with Crippen molar-refractivity contribution in [2.24, 2.45) is 4.99 Å². The van der Waals surface area contributed by atoms with Crippen molar-refractivity contribution < 1.29 is 4.79 Å². The first-order valence-electron chi connectivity index (χ1n) is 6.64. The Morgan fingerprint density at radius 2 is 2.19 bits per heavy atom. The van der Waals surface area contributed by atoms with E-state index in [2.05, 4.69) is 22.0 Å². The third kappa shape index (κ3) is 2.43. The van der Waals surface area contributed by atoms with Crippen LogP contribution in [0.1, 0.15) is 21.8 Å². The fraction of sp³-hybridized carbons (Fsp3) is 0.333. The molecule has 2 heterocycles. The Hall–Kier alpha value is -1.85. The van der Waals surface area contributed by atoms with Crippen molar-refractivity contribution in [1.29, 1.82) is 0 Å². The Morgan fingerprint density at radius 1 is 1.43 bits per heavy atom. The third-order valence-electron chi connectivity index (χ3n) is 3.94. The average Bonchev–Trinajstić information content (AvgIpc) is 2.80. The van der Waals surface area contributed by atoms with Gasteiger partial charge in [0.25, 0.3) is 5.91 Å². The maximum Gasteiger partial charge on any atom is 0.252 e. The highest BCUT2D eigenvalue weighted by Gasteiger charge is 2.31. The first-order chi connectivity index (χ1) is 9.63. The zero-order chi connectivity index (χ0) is 14.3. The van der Waals surface area contributed by atoms with Crippen LogP contribution in [0.4, 0.5) is 0 Å². The van der Waals surface area contributed by atoms with Gasteiger partial charge in [0.2, 0.25) is 0 Å². The molecule has 1 aliphatic rings. The van der Waals surface area contributed by atoms with Crippen molar-refractivity contribution in [3.05, 3.63) is 35.5 Å². The van der Waals surface area contributed by atoms with Gasteiger partial charge >= 0.3 is 0 Å². The van der Waals surface area contributed by atoms with Crippen LogP contribution in [-0.2, 0) is 0 Å². The highest BCUT2D eigenvalue weighted by atomic mass is 35.5. The van der Waals surface area contributed by atoms with Gasteiger partial charge in [-0.15, -0.1) is 12.4 Å². The van der Waals surface area contributed by atoms with E-state index in [1.165, 1.54) is 0 Å². The van der Waals surface area contributed by atoms with Crippen LogP contribution in [0.5, 0.6) is 0 Å². The second-order valence-corrected chi connectivity index (χ2v) is 5.35. The van der Waals surface area contributed by atoms with Gasteiger partial charge in [-0.25, -0.2) is 0 Å². The van der Waals surface area contributed by atoms with Gasteiger partial charge < -0.3 is 10.3 Å². The SMILES string of the molecule is C=NC(C1CNC(=O)c2cccc3[nH]cc1c23)N(C)C.Cl. The van der Waals surface area contributed by atoms with Crippen LogP contribution in [0.15, 0.2) is 29.4 Å². The van der Waals surface area contributed by atoms with Crippen molar-refractivity contribution in [2.45, 2.75) is 12.1 Å². The zero-order valence-corrected chi connectivity index (χ0v) is 12.9. The molecular formula is C15H19ClN4O. The number of aromatic amines is 1. The monoisotopic (exact) mass is 306 g/mol. The number of hydrogen-bond acceptors (Lipinski definition) is 3. The van der Waals surface area contributed by atoms with E-state index < -0.39 is 0 Å². The van der Waals surface area contributed by atoms with Gasteiger partial charge in [0.15, 0.2) is 0 Å². The number of amides is 1. The zero-order valence-electron chi connectivity index (χ0n) is 12.1. The first kappa shape index (κ1) is 15.5. The highest BCUT2D eigenvalue weighted by molar-refractivity contribution is 6.08. The lowest BCUT2D eigenvalue weighted by atomic mass is 9.94. The minimum atomic E-state index is -0.0690. The molecule has 6 heteroatoms. The van der Waals surface area contributed by atoms with Crippen LogP contribution in [0.3, 0.4) is 0 Å². The van der Waals surface area contributed by atoms with E-state index in [9.17, 15) is 4.79 Å². The molecule has 0 radical (unpaired) electrons. The topological polar surface area (TPSA) is 60.5 Å². The van der Waals surface area contributed by atoms with Crippen molar-refractivity contribution in [1.82, 2.24) is 15.2 Å². The van der Waals surface area contributed by atoms with E-state index >= 15 is 0 Å². The average molecular weight is 307 g/mol. The number of hydrogen-bond donors (Lipinski definition) is 2. The van der Waals surface area contributed by atoms with Gasteiger partial charge in [-0.1, -0.05) is 6.07 Å². The number of carbonyl (C=O) groups is 1. The Morgan fingerprint density at radius 3 is 2.86 bits per heavy atom. The fourth-order valence-electron chi connectivity index (χ4n) is 3.02. The molecule has 2 N–H and O–H groups in total. The summed E-state index contributed by atoms with van der Waals surface area (Å²) in [6.45, 7) is 4.25. The lowest BCUT2D eigenvalue weighted by Gasteiger charge is -2.28. The summed E-state index contributed by atoms with van der Waals surface area (Å²) in [5.74, 6) is 0.0596. The van der Waals surface area contributed by atoms with Gasteiger partial charge in [-0.2, -0.15) is 0 Å². The molecule has 3 rings (SSSR count). The molecule has 0 saturated heterocycles. The molecule has 0 spiro atoms. The third-order valence-corrected chi connectivity index (χ3v) is 3.94. The smallest absolute Gasteiger partial charge is 0.252 e. The number of rotatable bonds is 3. The van der Waals surface area contributed by atoms with Gasteiger partial charge in [0, 0.05) is 35.1 Å². The van der Waals surface area contributed by atoms with Crippen LogP contribution in [0, 0.1) is 0 Å². The maximum atomic E-state index is 12.2. The fourth-order valence-corrected chi connectivity index (χ4v) is 3.02. The van der Waals surface area contributed by atoms with Crippen molar-refractivity contribution in [2.75, 3.05) is 20.6 Å². The van der Waals surface area contributed by atoms with Crippen LogP contribution in [0.25, 0.3) is 10.9 Å². The molecule has 0 saturated carbocycles. The minimum absolute atomic E-state index is 0. The Bertz CT molecular complexity index is 679. The molecule has 21 heavy (non-hydrogen) atoms. The van der Waals surface area contributed by atoms with Crippen molar-refractivity contribution >= 4 is 35.9 Å². The van der Waals surface area contributed by atoms with E-state index in [0.717, 1.165) is 22.0 Å². The Balaban J connectivity index is 0.00000161. The number of nitrogens with zero attached hydrogens (tertiary/aromatic N) is 2. The molecule has 1 aromatic carbocycles. The van der Waals surface area contributed by atoms with Gasteiger partial charge in [0.1, 0.15) is 6.17 Å². The molecule has 112 valence electrons. The minimum Gasteiger partial charge on any atom is -0.361 e. The Kier molecular flexibility index (Phi) is 4.34. The predicted molar refractivity (Wildman–Crippen MR) is 87.6 cm³/mol. The molecular weight excluding hydrogens is 288 g/mol. The van der Waals surface area contributed by atoms with Crippen LogP contribution in [-0.4, -0.2) is 49.3 Å². The van der Waals surface area contributed by atoms with Crippen molar-refractivity contribution in [3.8, 4) is 0 Å². The second-order valence-electron chi connectivity index (χ2n) is 5.35. The molecule has 0 fully saturated rings. The summed E-state index contributed by atoms with van der Waals surface area (Å²) < 4.78 is 0. The summed E-state index contributed by atoms with van der Waals surface area (Å²) in [5.41, 5.74) is 2.84. The van der Waals surface area contributed by atoms with E-state index in [1.54, 1.807) is 0 Å². The number of halogens is 1. The number of aliphatic imine (C=N–C) groups is 1. The molecule has 2 atom stereocenters. The lowest BCUT2D eigenvalue weighted by molar-refractivity contribution is 0.0950. The maximum absolute atomic E-state index is 12.2. The molecule has 0 aliphatic carbocycles. The standard InChI is InChI=1S/C15H18N4O.ClH/c1-16-14(19(2)3)11-8-18-15(20)9-5-4-6-12-13(9)10(11)7-17-12;/h4-7,11,14,17H,1,8H2,2-3H3,(H,18,20);1H. The van der Waals surface area contributed by atoms with Crippen LogP contribution < -0.4 is 5.32 Å².